The Morgan fingerprint density at radius 2 is 1.95 bits per heavy atom. The number of nitrogen functional groups attached to an aromatic ring is 1. The average molecular weight is 270 g/mol. The Morgan fingerprint density at radius 3 is 2.60 bits per heavy atom. The van der Waals surface area contributed by atoms with Crippen LogP contribution in [0.1, 0.15) is 5.82 Å². The van der Waals surface area contributed by atoms with Crippen LogP contribution in [0.5, 0.6) is 0 Å². The van der Waals surface area contributed by atoms with Crippen LogP contribution in [-0.2, 0) is 0 Å². The summed E-state index contributed by atoms with van der Waals surface area (Å²) in [6.07, 6.45) is 1.57. The maximum atomic E-state index is 10.6. The molecule has 0 unspecified atom stereocenters. The van der Waals surface area contributed by atoms with E-state index in [0.717, 1.165) is 0 Å². The fraction of sp³-hybridized carbons (Fsp3) is 0.0833. The Labute approximate surface area is 113 Å². The summed E-state index contributed by atoms with van der Waals surface area (Å²) in [5, 5.41) is 15.5. The summed E-state index contributed by atoms with van der Waals surface area (Å²) >= 11 is 0. The van der Waals surface area contributed by atoms with Crippen LogP contribution in [0.15, 0.2) is 30.5 Å². The first kappa shape index (κ1) is 12.0. The van der Waals surface area contributed by atoms with Crippen molar-refractivity contribution >= 4 is 22.5 Å². The molecule has 0 saturated heterocycles. The molecule has 0 aliphatic carbocycles. The van der Waals surface area contributed by atoms with E-state index >= 15 is 0 Å². The quantitative estimate of drug-likeness (QED) is 0.559. The zero-order chi connectivity index (χ0) is 14.3. The lowest BCUT2D eigenvalue weighted by Gasteiger charge is -2.03. The number of nitro benzene ring substituents is 1. The van der Waals surface area contributed by atoms with E-state index < -0.39 is 4.92 Å². The highest BCUT2D eigenvalue weighted by atomic mass is 16.6. The smallest absolute Gasteiger partial charge is 0.269 e. The van der Waals surface area contributed by atoms with Gasteiger partial charge < -0.3 is 5.73 Å². The zero-order valence-electron chi connectivity index (χ0n) is 10.5. The topological polar surface area (TPSA) is 113 Å². The van der Waals surface area contributed by atoms with Crippen LogP contribution >= 0.6 is 0 Å². The lowest BCUT2D eigenvalue weighted by atomic mass is 10.3. The van der Waals surface area contributed by atoms with Crippen LogP contribution in [0, 0.1) is 17.0 Å². The van der Waals surface area contributed by atoms with Crippen LogP contribution in [0.25, 0.3) is 16.7 Å². The molecule has 2 aromatic heterocycles. The van der Waals surface area contributed by atoms with E-state index in [9.17, 15) is 10.1 Å². The molecule has 2 N–H and O–H groups in total. The van der Waals surface area contributed by atoms with Crippen molar-refractivity contribution in [2.45, 2.75) is 6.92 Å². The normalized spacial score (nSPS) is 10.8. The molecule has 0 radical (unpaired) electrons. The Kier molecular flexibility index (Phi) is 2.56. The van der Waals surface area contributed by atoms with Crippen LogP contribution in [0.2, 0.25) is 0 Å². The molecule has 8 nitrogen and oxygen atoms in total. The summed E-state index contributed by atoms with van der Waals surface area (Å²) in [5.41, 5.74) is 7.08. The second-order valence-electron chi connectivity index (χ2n) is 4.22. The van der Waals surface area contributed by atoms with Crippen LogP contribution < -0.4 is 5.73 Å². The Hall–Kier alpha value is -3.03. The molecule has 0 amide bonds. The minimum absolute atomic E-state index is 0.0236. The molecule has 0 aliphatic heterocycles. The number of nitro groups is 1. The van der Waals surface area contributed by atoms with E-state index in [1.807, 2.05) is 0 Å². The van der Waals surface area contributed by atoms with Crippen LogP contribution in [-0.4, -0.2) is 24.7 Å². The Morgan fingerprint density at radius 1 is 1.25 bits per heavy atom. The van der Waals surface area contributed by atoms with Gasteiger partial charge in [-0.1, -0.05) is 0 Å². The number of non-ortho nitro benzene ring substituents is 1. The van der Waals surface area contributed by atoms with E-state index in [0.29, 0.717) is 28.4 Å². The number of nitrogens with zero attached hydrogens (tertiary/aromatic N) is 5. The van der Waals surface area contributed by atoms with Crippen molar-refractivity contribution in [3.63, 3.8) is 0 Å². The number of aromatic nitrogens is 4. The molecule has 0 aliphatic rings. The van der Waals surface area contributed by atoms with Gasteiger partial charge in [-0.3, -0.25) is 10.1 Å². The fourth-order valence-corrected chi connectivity index (χ4v) is 1.95. The van der Waals surface area contributed by atoms with Gasteiger partial charge in [0.25, 0.3) is 5.69 Å². The number of anilines is 1. The van der Waals surface area contributed by atoms with Crippen molar-refractivity contribution in [3.05, 3.63) is 46.4 Å². The van der Waals surface area contributed by atoms with Gasteiger partial charge in [0.15, 0.2) is 5.65 Å². The van der Waals surface area contributed by atoms with Gasteiger partial charge in [-0.2, -0.15) is 5.10 Å². The summed E-state index contributed by atoms with van der Waals surface area (Å²) in [6.45, 7) is 1.74. The summed E-state index contributed by atoms with van der Waals surface area (Å²) in [5.74, 6) is 0.902. The molecule has 0 spiro atoms. The first-order valence-electron chi connectivity index (χ1n) is 5.79. The third-order valence-electron chi connectivity index (χ3n) is 2.87. The first-order chi connectivity index (χ1) is 9.56. The molecular formula is C12H10N6O2. The first-order valence-corrected chi connectivity index (χ1v) is 5.79. The molecular weight excluding hydrogens is 260 g/mol. The van der Waals surface area contributed by atoms with Crippen molar-refractivity contribution in [2.75, 3.05) is 5.73 Å². The maximum Gasteiger partial charge on any atom is 0.269 e. The molecule has 100 valence electrons. The Balaban J connectivity index is 2.17. The van der Waals surface area contributed by atoms with E-state index in [4.69, 9.17) is 5.73 Å². The number of nitrogens with two attached hydrogens (primary N) is 1. The van der Waals surface area contributed by atoms with Gasteiger partial charge in [0.1, 0.15) is 11.6 Å². The monoisotopic (exact) mass is 270 g/mol. The standard InChI is InChI=1S/C12H10N6O2/c1-7-15-11(13)10-6-14-17(12(10)16-7)8-2-4-9(5-3-8)18(19)20/h2-6H,1H3,(H2,13,15,16). The summed E-state index contributed by atoms with van der Waals surface area (Å²) in [7, 11) is 0. The molecule has 0 fully saturated rings. The van der Waals surface area contributed by atoms with E-state index in [-0.39, 0.29) is 5.69 Å². The molecule has 0 bridgehead atoms. The third kappa shape index (κ3) is 1.83. The zero-order valence-corrected chi connectivity index (χ0v) is 10.5. The lowest BCUT2D eigenvalue weighted by molar-refractivity contribution is -0.384. The molecule has 0 atom stereocenters. The van der Waals surface area contributed by atoms with Gasteiger partial charge in [-0.25, -0.2) is 14.6 Å². The summed E-state index contributed by atoms with van der Waals surface area (Å²) in [4.78, 5) is 18.6. The molecule has 0 saturated carbocycles. The van der Waals surface area contributed by atoms with E-state index in [1.165, 1.54) is 12.1 Å². The van der Waals surface area contributed by atoms with Gasteiger partial charge in [0, 0.05) is 12.1 Å². The number of hydrogen-bond acceptors (Lipinski definition) is 6. The molecule has 3 rings (SSSR count). The Bertz CT molecular complexity index is 809. The molecule has 20 heavy (non-hydrogen) atoms. The van der Waals surface area contributed by atoms with Gasteiger partial charge in [-0.15, -0.1) is 0 Å². The number of hydrogen-bond donors (Lipinski definition) is 1. The van der Waals surface area contributed by atoms with Gasteiger partial charge in [0.2, 0.25) is 0 Å². The van der Waals surface area contributed by atoms with E-state index in [2.05, 4.69) is 15.1 Å². The SMILES string of the molecule is Cc1nc(N)c2cnn(-c3ccc([N+](=O)[O-])cc3)c2n1. The number of rotatable bonds is 2. The molecule has 8 heteroatoms. The highest BCUT2D eigenvalue weighted by Gasteiger charge is 2.12. The highest BCUT2D eigenvalue weighted by Crippen LogP contribution is 2.21. The predicted molar refractivity (Wildman–Crippen MR) is 72.5 cm³/mol. The summed E-state index contributed by atoms with van der Waals surface area (Å²) < 4.78 is 1.57. The molecule has 1 aromatic carbocycles. The second-order valence-corrected chi connectivity index (χ2v) is 4.22. The predicted octanol–water partition coefficient (Wildman–Crippen LogP) is 1.61. The summed E-state index contributed by atoms with van der Waals surface area (Å²) in [6, 6.07) is 6.05. The fourth-order valence-electron chi connectivity index (χ4n) is 1.95. The number of aryl methyl sites for hydroxylation is 1. The minimum Gasteiger partial charge on any atom is -0.383 e. The molecule has 2 heterocycles. The lowest BCUT2D eigenvalue weighted by Crippen LogP contribution is -2.01. The molecule has 3 aromatic rings. The van der Waals surface area contributed by atoms with Crippen molar-refractivity contribution < 1.29 is 4.92 Å². The van der Waals surface area contributed by atoms with Gasteiger partial charge >= 0.3 is 0 Å². The minimum atomic E-state index is -0.449. The number of fused-ring (bicyclic) bond motifs is 1. The van der Waals surface area contributed by atoms with Crippen molar-refractivity contribution in [2.24, 2.45) is 0 Å². The number of benzene rings is 1. The third-order valence-corrected chi connectivity index (χ3v) is 2.87. The van der Waals surface area contributed by atoms with Crippen LogP contribution in [0.4, 0.5) is 11.5 Å². The maximum absolute atomic E-state index is 10.6. The highest BCUT2D eigenvalue weighted by molar-refractivity contribution is 5.86. The van der Waals surface area contributed by atoms with Crippen molar-refractivity contribution in [3.8, 4) is 5.69 Å². The van der Waals surface area contributed by atoms with Crippen LogP contribution in [0.3, 0.4) is 0 Å². The average Bonchev–Trinajstić information content (AvgIpc) is 2.82. The van der Waals surface area contributed by atoms with Gasteiger partial charge in [-0.05, 0) is 19.1 Å². The largest absolute Gasteiger partial charge is 0.383 e. The van der Waals surface area contributed by atoms with Gasteiger partial charge in [0.05, 0.1) is 22.2 Å². The van der Waals surface area contributed by atoms with E-state index in [1.54, 1.807) is 29.9 Å². The van der Waals surface area contributed by atoms with Crippen molar-refractivity contribution in [1.82, 2.24) is 19.7 Å². The van der Waals surface area contributed by atoms with Crippen molar-refractivity contribution in [1.29, 1.82) is 0 Å². The second kappa shape index (κ2) is 4.26.